The molecule has 0 radical (unpaired) electrons. The first-order valence-corrected chi connectivity index (χ1v) is 11.7. The summed E-state index contributed by atoms with van der Waals surface area (Å²) in [6.07, 6.45) is 0.615. The third kappa shape index (κ3) is 4.91. The van der Waals surface area contributed by atoms with Gasteiger partial charge in [-0.05, 0) is 50.8 Å². The number of sulfonamides is 1. The van der Waals surface area contributed by atoms with Gasteiger partial charge >= 0.3 is 5.97 Å². The molecule has 0 fully saturated rings. The fourth-order valence-corrected chi connectivity index (χ4v) is 5.33. The highest BCUT2D eigenvalue weighted by atomic mass is 32.2. The Morgan fingerprint density at radius 2 is 1.68 bits per heavy atom. The molecule has 0 bridgehead atoms. The Labute approximate surface area is 185 Å². The first kappa shape index (κ1) is 24.8. The predicted octanol–water partition coefficient (Wildman–Crippen LogP) is 3.74. The number of esters is 1. The molecular weight excluding hydrogens is 416 g/mol. The summed E-state index contributed by atoms with van der Waals surface area (Å²) >= 11 is 0. The molecule has 1 heterocycles. The third-order valence-electron chi connectivity index (χ3n) is 5.64. The van der Waals surface area contributed by atoms with Crippen LogP contribution < -0.4 is 0 Å². The smallest absolute Gasteiger partial charge is 0.354 e. The van der Waals surface area contributed by atoms with E-state index in [2.05, 4.69) is 0 Å². The summed E-state index contributed by atoms with van der Waals surface area (Å²) in [5.74, 6) is -0.616. The van der Waals surface area contributed by atoms with E-state index < -0.39 is 22.0 Å². The lowest BCUT2D eigenvalue weighted by molar-refractivity contribution is 0.0588. The second-order valence-corrected chi connectivity index (χ2v) is 10.0. The van der Waals surface area contributed by atoms with Crippen LogP contribution in [0.1, 0.15) is 59.3 Å². The lowest BCUT2D eigenvalue weighted by Crippen LogP contribution is -2.44. The molecule has 1 atom stereocenters. The summed E-state index contributed by atoms with van der Waals surface area (Å²) in [5.41, 5.74) is 1.73. The first-order valence-electron chi connectivity index (χ1n) is 10.3. The number of ketones is 1. The molecule has 31 heavy (non-hydrogen) atoms. The van der Waals surface area contributed by atoms with E-state index in [0.29, 0.717) is 23.2 Å². The number of nitrogens with zero attached hydrogens (tertiary/aromatic N) is 2. The van der Waals surface area contributed by atoms with Crippen LogP contribution in [-0.2, 0) is 21.8 Å². The van der Waals surface area contributed by atoms with Crippen molar-refractivity contribution < 1.29 is 22.7 Å². The van der Waals surface area contributed by atoms with Gasteiger partial charge in [-0.1, -0.05) is 32.0 Å². The molecule has 8 heteroatoms. The number of carbonyl (C=O) groups excluding carboxylic acids is 2. The number of benzene rings is 1. The van der Waals surface area contributed by atoms with Gasteiger partial charge in [0.25, 0.3) is 0 Å². The summed E-state index contributed by atoms with van der Waals surface area (Å²) in [6.45, 7) is 9.26. The van der Waals surface area contributed by atoms with E-state index in [1.807, 2.05) is 13.8 Å². The molecule has 2 aromatic rings. The van der Waals surface area contributed by atoms with Gasteiger partial charge in [0.1, 0.15) is 5.69 Å². The average molecular weight is 449 g/mol. The number of ether oxygens (including phenoxy) is 1. The van der Waals surface area contributed by atoms with Crippen molar-refractivity contribution >= 4 is 21.8 Å². The fourth-order valence-electron chi connectivity index (χ4n) is 3.70. The van der Waals surface area contributed by atoms with E-state index in [0.717, 1.165) is 0 Å². The topological polar surface area (TPSA) is 85.7 Å². The number of hydrogen-bond donors (Lipinski definition) is 0. The highest BCUT2D eigenvalue weighted by molar-refractivity contribution is 7.89. The van der Waals surface area contributed by atoms with Gasteiger partial charge < -0.3 is 9.30 Å². The van der Waals surface area contributed by atoms with Crippen LogP contribution >= 0.6 is 0 Å². The molecule has 0 aliphatic heterocycles. The number of Topliss-reactive ketones (excluding diaryl/α,β-unsaturated/α-hetero) is 1. The quantitative estimate of drug-likeness (QED) is 0.431. The molecule has 1 aromatic carbocycles. The number of carbonyl (C=O) groups is 2. The molecular formula is C23H32N2O5S. The molecule has 2 rings (SSSR count). The molecule has 0 aliphatic rings. The van der Waals surface area contributed by atoms with Crippen molar-refractivity contribution in [3.63, 3.8) is 0 Å². The van der Waals surface area contributed by atoms with Gasteiger partial charge in [0.05, 0.1) is 18.0 Å². The summed E-state index contributed by atoms with van der Waals surface area (Å²) in [5, 5.41) is 0. The summed E-state index contributed by atoms with van der Waals surface area (Å²) in [4.78, 5) is 25.9. The van der Waals surface area contributed by atoms with Gasteiger partial charge in [-0.2, -0.15) is 4.31 Å². The summed E-state index contributed by atoms with van der Waals surface area (Å²) in [6, 6.07) is 7.19. The normalized spacial score (nSPS) is 12.9. The van der Waals surface area contributed by atoms with Crippen LogP contribution in [0.15, 0.2) is 35.2 Å². The Bertz CT molecular complexity index is 1060. The van der Waals surface area contributed by atoms with Gasteiger partial charge in [-0.3, -0.25) is 4.79 Å². The van der Waals surface area contributed by atoms with E-state index in [-0.39, 0.29) is 28.8 Å². The van der Waals surface area contributed by atoms with Crippen molar-refractivity contribution in [2.75, 3.05) is 13.7 Å². The maximum atomic E-state index is 13.6. The van der Waals surface area contributed by atoms with Crippen molar-refractivity contribution in [1.82, 2.24) is 8.87 Å². The maximum Gasteiger partial charge on any atom is 0.354 e. The molecule has 0 saturated carbocycles. The van der Waals surface area contributed by atoms with Crippen LogP contribution in [0.25, 0.3) is 0 Å². The van der Waals surface area contributed by atoms with Crippen molar-refractivity contribution in [2.24, 2.45) is 13.0 Å². The standard InChI is InChI=1S/C23H32N2O5S/c1-15(2)13-14-25(31(28,29)19-11-9-8-10-12-19)18(5)22(26)20-16(3)21(23(27)30-7)24(6)17(20)4/h8-12,15,18H,13-14H2,1-7H3/t18-/m1/s1. The maximum absolute atomic E-state index is 13.6. The zero-order valence-corrected chi connectivity index (χ0v) is 20.1. The minimum absolute atomic E-state index is 0.148. The first-order chi connectivity index (χ1) is 14.4. The molecule has 7 nitrogen and oxygen atoms in total. The number of hydrogen-bond acceptors (Lipinski definition) is 5. The Balaban J connectivity index is 2.54. The molecule has 0 N–H and O–H groups in total. The zero-order valence-electron chi connectivity index (χ0n) is 19.3. The molecule has 0 spiro atoms. The lowest BCUT2D eigenvalue weighted by Gasteiger charge is -2.28. The Morgan fingerprint density at radius 3 is 2.19 bits per heavy atom. The second kappa shape index (κ2) is 9.78. The average Bonchev–Trinajstić information content (AvgIpc) is 2.95. The molecule has 0 aliphatic carbocycles. The van der Waals surface area contributed by atoms with Crippen LogP contribution in [0.3, 0.4) is 0 Å². The monoisotopic (exact) mass is 448 g/mol. The van der Waals surface area contributed by atoms with E-state index in [1.54, 1.807) is 50.6 Å². The number of aromatic nitrogens is 1. The number of rotatable bonds is 9. The van der Waals surface area contributed by atoms with Crippen molar-refractivity contribution in [1.29, 1.82) is 0 Å². The molecule has 170 valence electrons. The highest BCUT2D eigenvalue weighted by Crippen LogP contribution is 2.27. The zero-order chi connectivity index (χ0) is 23.5. The predicted molar refractivity (Wildman–Crippen MR) is 120 cm³/mol. The van der Waals surface area contributed by atoms with Crippen LogP contribution in [0.4, 0.5) is 0 Å². The van der Waals surface area contributed by atoms with E-state index in [9.17, 15) is 18.0 Å². The van der Waals surface area contributed by atoms with Crippen LogP contribution in [0.5, 0.6) is 0 Å². The molecule has 0 amide bonds. The molecule has 0 unspecified atom stereocenters. The Kier molecular flexibility index (Phi) is 7.83. The van der Waals surface area contributed by atoms with Crippen LogP contribution in [0.2, 0.25) is 0 Å². The van der Waals surface area contributed by atoms with Gasteiger partial charge in [0, 0.05) is 24.8 Å². The highest BCUT2D eigenvalue weighted by Gasteiger charge is 2.36. The van der Waals surface area contributed by atoms with Gasteiger partial charge in [0.15, 0.2) is 5.78 Å². The lowest BCUT2D eigenvalue weighted by atomic mass is 10.0. The minimum atomic E-state index is -3.88. The minimum Gasteiger partial charge on any atom is -0.464 e. The van der Waals surface area contributed by atoms with E-state index in [1.165, 1.54) is 23.5 Å². The van der Waals surface area contributed by atoms with E-state index >= 15 is 0 Å². The molecule has 1 aromatic heterocycles. The van der Waals surface area contributed by atoms with Crippen LogP contribution in [0, 0.1) is 19.8 Å². The Hall–Kier alpha value is -2.45. The SMILES string of the molecule is COC(=O)c1c(C)c(C(=O)[C@@H](C)N(CCC(C)C)S(=O)(=O)c2ccccc2)c(C)n1C. The van der Waals surface area contributed by atoms with E-state index in [4.69, 9.17) is 4.74 Å². The molecule has 0 saturated heterocycles. The van der Waals surface area contributed by atoms with Gasteiger partial charge in [-0.15, -0.1) is 0 Å². The van der Waals surface area contributed by atoms with Crippen molar-refractivity contribution in [3.8, 4) is 0 Å². The number of methoxy groups -OCH3 is 1. The van der Waals surface area contributed by atoms with Crippen LogP contribution in [-0.4, -0.2) is 48.7 Å². The largest absolute Gasteiger partial charge is 0.464 e. The van der Waals surface area contributed by atoms with Crippen molar-refractivity contribution in [2.45, 2.75) is 52.0 Å². The second-order valence-electron chi connectivity index (χ2n) is 8.14. The fraction of sp³-hybridized carbons (Fsp3) is 0.478. The van der Waals surface area contributed by atoms with Crippen molar-refractivity contribution in [3.05, 3.63) is 52.8 Å². The summed E-state index contributed by atoms with van der Waals surface area (Å²) < 4.78 is 34.6. The van der Waals surface area contributed by atoms with Gasteiger partial charge in [-0.25, -0.2) is 13.2 Å². The van der Waals surface area contributed by atoms with Gasteiger partial charge in [0.2, 0.25) is 10.0 Å². The Morgan fingerprint density at radius 1 is 1.10 bits per heavy atom. The summed E-state index contributed by atoms with van der Waals surface area (Å²) in [7, 11) is -0.911. The third-order valence-corrected chi connectivity index (χ3v) is 7.63.